The second kappa shape index (κ2) is 3.08. The van der Waals surface area contributed by atoms with Crippen LogP contribution in [0.25, 0.3) is 0 Å². The van der Waals surface area contributed by atoms with Crippen molar-refractivity contribution in [1.82, 2.24) is 9.97 Å². The van der Waals surface area contributed by atoms with Crippen molar-refractivity contribution in [1.29, 1.82) is 0 Å². The zero-order chi connectivity index (χ0) is 9.26. The van der Waals surface area contributed by atoms with Gasteiger partial charge in [0.15, 0.2) is 5.82 Å². The molecule has 13 heavy (non-hydrogen) atoms. The largest absolute Gasteiger partial charge is 0.382 e. The minimum Gasteiger partial charge on any atom is -0.382 e. The van der Waals surface area contributed by atoms with E-state index in [0.29, 0.717) is 11.5 Å². The number of aromatic nitrogens is 2. The molecule has 1 fully saturated rings. The van der Waals surface area contributed by atoms with Gasteiger partial charge in [-0.25, -0.2) is 4.98 Å². The third-order valence-electron chi connectivity index (χ3n) is 2.28. The highest BCUT2D eigenvalue weighted by Gasteiger charge is 2.18. The van der Waals surface area contributed by atoms with Crippen molar-refractivity contribution < 1.29 is 0 Å². The predicted octanol–water partition coefficient (Wildman–Crippen LogP) is -0.0477. The van der Waals surface area contributed by atoms with E-state index in [2.05, 4.69) is 9.97 Å². The lowest BCUT2D eigenvalue weighted by Gasteiger charge is -2.16. The van der Waals surface area contributed by atoms with Crippen LogP contribution in [0, 0.1) is 0 Å². The first-order chi connectivity index (χ1) is 6.29. The lowest BCUT2D eigenvalue weighted by Crippen LogP contribution is -2.27. The van der Waals surface area contributed by atoms with Gasteiger partial charge in [-0.05, 0) is 12.8 Å². The minimum absolute atomic E-state index is 0.144. The Morgan fingerprint density at radius 3 is 2.77 bits per heavy atom. The molecule has 1 aromatic heterocycles. The summed E-state index contributed by atoms with van der Waals surface area (Å²) >= 11 is 0. The monoisotopic (exact) mass is 180 g/mol. The Morgan fingerprint density at radius 1 is 1.46 bits per heavy atom. The number of aromatic amines is 1. The molecule has 5 heteroatoms. The van der Waals surface area contributed by atoms with Gasteiger partial charge in [0.1, 0.15) is 5.69 Å². The molecule has 0 unspecified atom stereocenters. The molecule has 1 saturated heterocycles. The van der Waals surface area contributed by atoms with Crippen LogP contribution in [0.1, 0.15) is 12.8 Å². The summed E-state index contributed by atoms with van der Waals surface area (Å²) in [6.45, 7) is 1.80. The maximum absolute atomic E-state index is 11.4. The number of anilines is 2. The van der Waals surface area contributed by atoms with Crippen molar-refractivity contribution in [3.05, 3.63) is 16.7 Å². The quantitative estimate of drug-likeness (QED) is 0.635. The topological polar surface area (TPSA) is 75.0 Å². The van der Waals surface area contributed by atoms with Gasteiger partial charge < -0.3 is 15.6 Å². The van der Waals surface area contributed by atoms with Crippen LogP contribution < -0.4 is 16.2 Å². The SMILES string of the molecule is Nc1nc[nH]c(=O)c1N1CCCC1. The third-order valence-corrected chi connectivity index (χ3v) is 2.28. The summed E-state index contributed by atoms with van der Waals surface area (Å²) < 4.78 is 0. The van der Waals surface area contributed by atoms with Gasteiger partial charge in [-0.1, -0.05) is 0 Å². The van der Waals surface area contributed by atoms with Crippen molar-refractivity contribution >= 4 is 11.5 Å². The first-order valence-corrected chi connectivity index (χ1v) is 4.37. The molecular formula is C8H12N4O. The van der Waals surface area contributed by atoms with Crippen LogP contribution in [-0.2, 0) is 0 Å². The first-order valence-electron chi connectivity index (χ1n) is 4.37. The molecule has 0 spiro atoms. The fourth-order valence-corrected chi connectivity index (χ4v) is 1.65. The van der Waals surface area contributed by atoms with Gasteiger partial charge in [0, 0.05) is 13.1 Å². The molecule has 0 saturated carbocycles. The molecular weight excluding hydrogens is 168 g/mol. The Balaban J connectivity index is 2.43. The van der Waals surface area contributed by atoms with Gasteiger partial charge in [0.05, 0.1) is 6.33 Å². The van der Waals surface area contributed by atoms with Crippen LogP contribution >= 0.6 is 0 Å². The second-order valence-corrected chi connectivity index (χ2v) is 3.16. The molecule has 70 valence electrons. The Kier molecular flexibility index (Phi) is 1.92. The van der Waals surface area contributed by atoms with Crippen LogP contribution in [-0.4, -0.2) is 23.1 Å². The second-order valence-electron chi connectivity index (χ2n) is 3.16. The molecule has 5 nitrogen and oxygen atoms in total. The Hall–Kier alpha value is -1.52. The number of nitrogens with zero attached hydrogens (tertiary/aromatic N) is 2. The molecule has 0 aromatic carbocycles. The van der Waals surface area contributed by atoms with Crippen molar-refractivity contribution in [2.75, 3.05) is 23.7 Å². The van der Waals surface area contributed by atoms with Crippen LogP contribution in [0.4, 0.5) is 11.5 Å². The van der Waals surface area contributed by atoms with Gasteiger partial charge in [-0.3, -0.25) is 4.79 Å². The predicted molar refractivity (Wildman–Crippen MR) is 50.7 cm³/mol. The van der Waals surface area contributed by atoms with Gasteiger partial charge >= 0.3 is 0 Å². The van der Waals surface area contributed by atoms with E-state index in [4.69, 9.17) is 5.73 Å². The van der Waals surface area contributed by atoms with Crippen molar-refractivity contribution in [3.63, 3.8) is 0 Å². The van der Waals surface area contributed by atoms with E-state index in [9.17, 15) is 4.79 Å². The van der Waals surface area contributed by atoms with Crippen molar-refractivity contribution in [2.45, 2.75) is 12.8 Å². The number of hydrogen-bond acceptors (Lipinski definition) is 4. The lowest BCUT2D eigenvalue weighted by atomic mass is 10.4. The van der Waals surface area contributed by atoms with E-state index in [-0.39, 0.29) is 5.56 Å². The zero-order valence-corrected chi connectivity index (χ0v) is 7.29. The van der Waals surface area contributed by atoms with Crippen LogP contribution in [0.5, 0.6) is 0 Å². The van der Waals surface area contributed by atoms with Gasteiger partial charge in [0.2, 0.25) is 0 Å². The Labute approximate surface area is 75.6 Å². The van der Waals surface area contributed by atoms with Crippen LogP contribution in [0.15, 0.2) is 11.1 Å². The van der Waals surface area contributed by atoms with Crippen molar-refractivity contribution in [2.24, 2.45) is 0 Å². The van der Waals surface area contributed by atoms with E-state index in [1.54, 1.807) is 0 Å². The van der Waals surface area contributed by atoms with Gasteiger partial charge in [-0.2, -0.15) is 0 Å². The average molecular weight is 180 g/mol. The minimum atomic E-state index is -0.144. The van der Waals surface area contributed by atoms with Crippen molar-refractivity contribution in [3.8, 4) is 0 Å². The van der Waals surface area contributed by atoms with E-state index >= 15 is 0 Å². The number of H-pyrrole nitrogens is 1. The average Bonchev–Trinajstić information content (AvgIpc) is 2.57. The third kappa shape index (κ3) is 1.37. The van der Waals surface area contributed by atoms with Gasteiger partial charge in [-0.15, -0.1) is 0 Å². The summed E-state index contributed by atoms with van der Waals surface area (Å²) in [5.41, 5.74) is 6.01. The summed E-state index contributed by atoms with van der Waals surface area (Å²) in [6.07, 6.45) is 3.57. The summed E-state index contributed by atoms with van der Waals surface area (Å²) in [7, 11) is 0. The molecule has 0 aliphatic carbocycles. The van der Waals surface area contributed by atoms with Gasteiger partial charge in [0.25, 0.3) is 5.56 Å². The van der Waals surface area contributed by atoms with Crippen LogP contribution in [0.3, 0.4) is 0 Å². The number of rotatable bonds is 1. The molecule has 2 rings (SSSR count). The Bertz CT molecular complexity index is 353. The molecule has 3 N–H and O–H groups in total. The highest BCUT2D eigenvalue weighted by molar-refractivity contribution is 5.61. The smallest absolute Gasteiger partial charge is 0.276 e. The standard InChI is InChI=1S/C8H12N4O/c9-7-6(8(13)11-5-10-7)12-3-1-2-4-12/h5H,1-4H2,(H3,9,10,11,13). The molecule has 2 heterocycles. The lowest BCUT2D eigenvalue weighted by molar-refractivity contribution is 0.939. The fraction of sp³-hybridized carbons (Fsp3) is 0.500. The molecule has 0 atom stereocenters. The zero-order valence-electron chi connectivity index (χ0n) is 7.29. The number of nitrogen functional groups attached to an aromatic ring is 1. The summed E-state index contributed by atoms with van der Waals surface area (Å²) in [5, 5.41) is 0. The van der Waals surface area contributed by atoms with E-state index < -0.39 is 0 Å². The van der Waals surface area contributed by atoms with E-state index in [1.165, 1.54) is 6.33 Å². The number of nitrogens with one attached hydrogen (secondary N) is 1. The molecule has 0 bridgehead atoms. The molecule has 0 radical (unpaired) electrons. The number of hydrogen-bond donors (Lipinski definition) is 2. The number of nitrogens with two attached hydrogens (primary N) is 1. The Morgan fingerprint density at radius 2 is 2.15 bits per heavy atom. The maximum atomic E-state index is 11.4. The summed E-state index contributed by atoms with van der Waals surface area (Å²) in [4.78, 5) is 19.8. The summed E-state index contributed by atoms with van der Waals surface area (Å²) in [6, 6.07) is 0. The first kappa shape index (κ1) is 8.10. The molecule has 1 aliphatic heterocycles. The highest BCUT2D eigenvalue weighted by Crippen LogP contribution is 2.19. The van der Waals surface area contributed by atoms with E-state index in [0.717, 1.165) is 25.9 Å². The van der Waals surface area contributed by atoms with Crippen LogP contribution in [0.2, 0.25) is 0 Å². The molecule has 1 aliphatic rings. The highest BCUT2D eigenvalue weighted by atomic mass is 16.1. The molecule has 1 aromatic rings. The molecule has 0 amide bonds. The fourth-order valence-electron chi connectivity index (χ4n) is 1.65. The normalized spacial score (nSPS) is 16.5. The maximum Gasteiger partial charge on any atom is 0.276 e. The summed E-state index contributed by atoms with van der Waals surface area (Å²) in [5.74, 6) is 0.325. The van der Waals surface area contributed by atoms with E-state index in [1.807, 2.05) is 4.90 Å².